The van der Waals surface area contributed by atoms with Crippen LogP contribution >= 0.6 is 11.6 Å². The molecule has 2 heterocycles. The molecule has 1 aromatic heterocycles. The smallest absolute Gasteiger partial charge is 0.343 e. The molecule has 0 radical (unpaired) electrons. The fraction of sp³-hybridized carbons (Fsp3) is 0.538. The molecule has 0 N–H and O–H groups in total. The first-order valence-electron chi connectivity index (χ1n) is 6.72. The summed E-state index contributed by atoms with van der Waals surface area (Å²) >= 11 is 5.91. The van der Waals surface area contributed by atoms with E-state index in [9.17, 15) is 9.59 Å². The van der Waals surface area contributed by atoms with Crippen molar-refractivity contribution >= 4 is 29.8 Å². The van der Waals surface area contributed by atoms with Gasteiger partial charge in [-0.15, -0.1) is 0 Å². The number of piperazine rings is 1. The number of amides is 1. The molecule has 7 nitrogen and oxygen atoms in total. The van der Waals surface area contributed by atoms with Gasteiger partial charge in [-0.1, -0.05) is 0 Å². The molecule has 114 valence electrons. The number of ether oxygens (including phenoxy) is 1. The maximum atomic E-state index is 12.1. The van der Waals surface area contributed by atoms with E-state index < -0.39 is 5.97 Å². The second kappa shape index (κ2) is 6.71. The maximum absolute atomic E-state index is 12.1. The summed E-state index contributed by atoms with van der Waals surface area (Å²) in [7, 11) is 0. The van der Waals surface area contributed by atoms with E-state index in [1.807, 2.05) is 4.90 Å². The Labute approximate surface area is 127 Å². The zero-order valence-corrected chi connectivity index (χ0v) is 12.8. The van der Waals surface area contributed by atoms with Crippen molar-refractivity contribution < 1.29 is 14.3 Å². The van der Waals surface area contributed by atoms with Crippen molar-refractivity contribution in [1.29, 1.82) is 0 Å². The summed E-state index contributed by atoms with van der Waals surface area (Å²) < 4.78 is 5.07. The van der Waals surface area contributed by atoms with Gasteiger partial charge in [-0.05, 0) is 25.4 Å². The minimum atomic E-state index is -0.459. The van der Waals surface area contributed by atoms with Crippen LogP contribution in [0.4, 0.5) is 5.82 Å². The lowest BCUT2D eigenvalue weighted by molar-refractivity contribution is -0.118. The number of carbonyl (C=O) groups is 2. The van der Waals surface area contributed by atoms with Crippen LogP contribution in [0.1, 0.15) is 23.0 Å². The van der Waals surface area contributed by atoms with E-state index in [1.54, 1.807) is 18.7 Å². The Kier molecular flexibility index (Phi) is 4.95. The molecule has 0 saturated carbocycles. The Morgan fingerprint density at radius 3 is 2.57 bits per heavy atom. The third-order valence-corrected chi connectivity index (χ3v) is 3.45. The van der Waals surface area contributed by atoms with Crippen molar-refractivity contribution in [2.45, 2.75) is 13.8 Å². The lowest BCUT2D eigenvalue weighted by Gasteiger charge is -2.34. The molecular formula is C13H17ClN4O3. The molecule has 0 aliphatic carbocycles. The average Bonchev–Trinajstić information content (AvgIpc) is 2.46. The van der Waals surface area contributed by atoms with Crippen molar-refractivity contribution in [3.8, 4) is 0 Å². The lowest BCUT2D eigenvalue weighted by Crippen LogP contribution is -2.46. The van der Waals surface area contributed by atoms with E-state index in [2.05, 4.69) is 9.97 Å². The molecule has 0 atom stereocenters. The molecule has 2 rings (SSSR count). The Bertz CT molecular complexity index is 544. The van der Waals surface area contributed by atoms with Gasteiger partial charge in [0.25, 0.3) is 0 Å². The minimum Gasteiger partial charge on any atom is -0.462 e. The first kappa shape index (κ1) is 15.5. The first-order chi connectivity index (χ1) is 10.1. The van der Waals surface area contributed by atoms with Crippen LogP contribution < -0.4 is 4.90 Å². The second-order valence-corrected chi connectivity index (χ2v) is 4.96. The van der Waals surface area contributed by atoms with E-state index >= 15 is 0 Å². The fourth-order valence-corrected chi connectivity index (χ4v) is 2.44. The minimum absolute atomic E-state index is 0.0911. The molecule has 0 aromatic carbocycles. The molecule has 1 fully saturated rings. The van der Waals surface area contributed by atoms with Gasteiger partial charge in [0.1, 0.15) is 11.4 Å². The zero-order valence-electron chi connectivity index (χ0n) is 12.0. The molecule has 1 aromatic rings. The van der Waals surface area contributed by atoms with Crippen molar-refractivity contribution in [3.63, 3.8) is 0 Å². The van der Waals surface area contributed by atoms with Crippen LogP contribution in [0.5, 0.6) is 0 Å². The van der Waals surface area contributed by atoms with Crippen LogP contribution in [-0.4, -0.2) is 60.0 Å². The van der Waals surface area contributed by atoms with Crippen LogP contribution in [0.15, 0.2) is 0 Å². The standard InChI is InChI=1S/C13H17ClN4O3/c1-3-21-12(20)10-9(2)15-13(14)16-11(10)18-6-4-17(8-19)5-7-18/h8H,3-7H2,1-2H3. The van der Waals surface area contributed by atoms with Crippen LogP contribution in [0.25, 0.3) is 0 Å². The summed E-state index contributed by atoms with van der Waals surface area (Å²) in [5.41, 5.74) is 0.821. The number of aryl methyl sites for hydroxylation is 1. The quantitative estimate of drug-likeness (QED) is 0.467. The van der Waals surface area contributed by atoms with E-state index in [1.165, 1.54) is 0 Å². The number of nitrogens with zero attached hydrogens (tertiary/aromatic N) is 4. The van der Waals surface area contributed by atoms with Gasteiger partial charge in [0.2, 0.25) is 11.7 Å². The summed E-state index contributed by atoms with van der Waals surface area (Å²) in [5.74, 6) is 0.0102. The molecule has 0 unspecified atom stereocenters. The highest BCUT2D eigenvalue weighted by molar-refractivity contribution is 6.28. The third kappa shape index (κ3) is 3.41. The Morgan fingerprint density at radius 1 is 1.33 bits per heavy atom. The fourth-order valence-electron chi connectivity index (χ4n) is 2.23. The summed E-state index contributed by atoms with van der Waals surface area (Å²) in [6.45, 7) is 6.03. The highest BCUT2D eigenvalue weighted by atomic mass is 35.5. The van der Waals surface area contributed by atoms with Crippen LogP contribution in [0, 0.1) is 6.92 Å². The van der Waals surface area contributed by atoms with Gasteiger partial charge in [0.15, 0.2) is 0 Å². The lowest BCUT2D eigenvalue weighted by atomic mass is 10.2. The highest BCUT2D eigenvalue weighted by Gasteiger charge is 2.26. The summed E-state index contributed by atoms with van der Waals surface area (Å²) in [6.07, 6.45) is 0.821. The molecule has 1 amide bonds. The van der Waals surface area contributed by atoms with E-state index in [0.717, 1.165) is 6.41 Å². The van der Waals surface area contributed by atoms with E-state index in [-0.39, 0.29) is 11.9 Å². The Morgan fingerprint density at radius 2 is 2.00 bits per heavy atom. The molecule has 21 heavy (non-hydrogen) atoms. The Hall–Kier alpha value is -1.89. The predicted octanol–water partition coefficient (Wildman–Crippen LogP) is 0.894. The Balaban J connectivity index is 2.33. The largest absolute Gasteiger partial charge is 0.462 e. The topological polar surface area (TPSA) is 75.6 Å². The molecular weight excluding hydrogens is 296 g/mol. The average molecular weight is 313 g/mol. The number of hydrogen-bond acceptors (Lipinski definition) is 6. The van der Waals surface area contributed by atoms with Crippen LogP contribution in [0.3, 0.4) is 0 Å². The number of carbonyl (C=O) groups excluding carboxylic acids is 2. The number of esters is 1. The molecule has 0 bridgehead atoms. The molecule has 1 aliphatic rings. The number of hydrogen-bond donors (Lipinski definition) is 0. The van der Waals surface area contributed by atoms with Gasteiger partial charge in [0, 0.05) is 26.2 Å². The van der Waals surface area contributed by atoms with Gasteiger partial charge >= 0.3 is 5.97 Å². The molecule has 0 spiro atoms. The van der Waals surface area contributed by atoms with Gasteiger partial charge in [-0.2, -0.15) is 4.98 Å². The third-order valence-electron chi connectivity index (χ3n) is 3.29. The summed E-state index contributed by atoms with van der Waals surface area (Å²) in [5, 5.41) is 0.0911. The molecule has 1 saturated heterocycles. The number of aromatic nitrogens is 2. The summed E-state index contributed by atoms with van der Waals surface area (Å²) in [6, 6.07) is 0. The highest BCUT2D eigenvalue weighted by Crippen LogP contribution is 2.24. The van der Waals surface area contributed by atoms with E-state index in [0.29, 0.717) is 43.3 Å². The van der Waals surface area contributed by atoms with Crippen LogP contribution in [-0.2, 0) is 9.53 Å². The van der Waals surface area contributed by atoms with Gasteiger partial charge < -0.3 is 14.5 Å². The number of halogens is 1. The van der Waals surface area contributed by atoms with Crippen molar-refractivity contribution in [1.82, 2.24) is 14.9 Å². The predicted molar refractivity (Wildman–Crippen MR) is 77.6 cm³/mol. The normalized spacial score (nSPS) is 15.0. The van der Waals surface area contributed by atoms with Crippen LogP contribution in [0.2, 0.25) is 5.28 Å². The summed E-state index contributed by atoms with van der Waals surface area (Å²) in [4.78, 5) is 34.7. The van der Waals surface area contributed by atoms with Gasteiger partial charge in [-0.3, -0.25) is 4.79 Å². The van der Waals surface area contributed by atoms with E-state index in [4.69, 9.17) is 16.3 Å². The van der Waals surface area contributed by atoms with Gasteiger partial charge in [-0.25, -0.2) is 9.78 Å². The molecule has 8 heteroatoms. The van der Waals surface area contributed by atoms with Gasteiger partial charge in [0.05, 0.1) is 12.3 Å². The number of rotatable bonds is 4. The zero-order chi connectivity index (χ0) is 15.4. The second-order valence-electron chi connectivity index (χ2n) is 4.63. The SMILES string of the molecule is CCOC(=O)c1c(C)nc(Cl)nc1N1CCN(C=O)CC1. The first-order valence-corrected chi connectivity index (χ1v) is 7.10. The number of anilines is 1. The van der Waals surface area contributed by atoms with Crippen molar-refractivity contribution in [3.05, 3.63) is 16.5 Å². The van der Waals surface area contributed by atoms with Crippen molar-refractivity contribution in [2.75, 3.05) is 37.7 Å². The maximum Gasteiger partial charge on any atom is 0.343 e. The van der Waals surface area contributed by atoms with Crippen molar-refractivity contribution in [2.24, 2.45) is 0 Å². The molecule has 1 aliphatic heterocycles. The monoisotopic (exact) mass is 312 g/mol.